The molecule has 27 heavy (non-hydrogen) atoms. The summed E-state index contributed by atoms with van der Waals surface area (Å²) in [5.74, 6) is 0.669. The van der Waals surface area contributed by atoms with E-state index < -0.39 is 10.0 Å². The number of aryl methyl sites for hydroxylation is 2. The summed E-state index contributed by atoms with van der Waals surface area (Å²) >= 11 is 0. The lowest BCUT2D eigenvalue weighted by molar-refractivity contribution is 0.500. The maximum atomic E-state index is 12.7. The Hall–Kier alpha value is -2.58. The molecule has 1 aliphatic carbocycles. The first-order valence-electron chi connectivity index (χ1n) is 9.03. The van der Waals surface area contributed by atoms with Gasteiger partial charge in [0.25, 0.3) is 0 Å². The fourth-order valence-corrected chi connectivity index (χ4v) is 4.51. The van der Waals surface area contributed by atoms with E-state index in [9.17, 15) is 8.42 Å². The van der Waals surface area contributed by atoms with E-state index in [0.717, 1.165) is 36.1 Å². The van der Waals surface area contributed by atoms with Crippen molar-refractivity contribution < 1.29 is 8.42 Å². The van der Waals surface area contributed by atoms with Crippen molar-refractivity contribution in [2.24, 2.45) is 0 Å². The number of hydrogen-bond acceptors (Lipinski definition) is 5. The summed E-state index contributed by atoms with van der Waals surface area (Å²) in [7, 11) is -3.64. The van der Waals surface area contributed by atoms with E-state index in [1.165, 1.54) is 6.20 Å². The van der Waals surface area contributed by atoms with Crippen molar-refractivity contribution in [2.45, 2.75) is 43.7 Å². The maximum absolute atomic E-state index is 12.7. The molecule has 0 fully saturated rings. The van der Waals surface area contributed by atoms with E-state index in [2.05, 4.69) is 14.8 Å². The second-order valence-corrected chi connectivity index (χ2v) is 8.27. The van der Waals surface area contributed by atoms with Crippen LogP contribution in [0.5, 0.6) is 0 Å². The van der Waals surface area contributed by atoms with Crippen LogP contribution in [0.4, 0.5) is 0 Å². The van der Waals surface area contributed by atoms with Crippen molar-refractivity contribution in [1.29, 1.82) is 0 Å². The van der Waals surface area contributed by atoms with Gasteiger partial charge < -0.3 is 0 Å². The number of nitrogens with one attached hydrogen (secondary N) is 1. The van der Waals surface area contributed by atoms with Crippen molar-refractivity contribution in [3.63, 3.8) is 0 Å². The molecule has 0 amide bonds. The first-order chi connectivity index (χ1) is 13.1. The smallest absolute Gasteiger partial charge is 0.244 e. The van der Waals surface area contributed by atoms with Gasteiger partial charge in [-0.25, -0.2) is 23.1 Å². The molecule has 1 aromatic carbocycles. The van der Waals surface area contributed by atoms with E-state index in [1.807, 2.05) is 37.3 Å². The molecule has 0 saturated carbocycles. The average molecular weight is 383 g/mol. The second-order valence-electron chi connectivity index (χ2n) is 6.56. The molecule has 0 saturated heterocycles. The Morgan fingerprint density at radius 1 is 1.22 bits per heavy atom. The molecule has 4 rings (SSSR count). The van der Waals surface area contributed by atoms with Crippen molar-refractivity contribution in [1.82, 2.24) is 24.5 Å². The highest BCUT2D eigenvalue weighted by molar-refractivity contribution is 7.89. The Morgan fingerprint density at radius 2 is 2.04 bits per heavy atom. The normalized spacial score (nSPS) is 16.9. The Kier molecular flexibility index (Phi) is 4.75. The molecule has 0 bridgehead atoms. The first-order valence-corrected chi connectivity index (χ1v) is 10.5. The van der Waals surface area contributed by atoms with Gasteiger partial charge in [-0.3, -0.25) is 4.68 Å². The summed E-state index contributed by atoms with van der Waals surface area (Å²) in [6.45, 7) is 2.54. The maximum Gasteiger partial charge on any atom is 0.244 e. The van der Waals surface area contributed by atoms with E-state index >= 15 is 0 Å². The van der Waals surface area contributed by atoms with E-state index in [4.69, 9.17) is 4.98 Å². The zero-order valence-corrected chi connectivity index (χ0v) is 15.9. The van der Waals surface area contributed by atoms with E-state index in [1.54, 1.807) is 17.1 Å². The largest absolute Gasteiger partial charge is 0.272 e. The van der Waals surface area contributed by atoms with Gasteiger partial charge in [-0.05, 0) is 26.2 Å². The standard InChI is InChI=1S/C19H21N5O2S/c1-2-24-13-15(11-21-24)27(25,26)23-18-10-6-9-17-16(18)12-20-19(22-17)14-7-4-3-5-8-14/h3-5,7-8,11-13,18,23H,2,6,9-10H2,1H3/t18-/m1/s1. The molecule has 0 aliphatic heterocycles. The minimum atomic E-state index is -3.64. The van der Waals surface area contributed by atoms with Gasteiger partial charge in [0.1, 0.15) is 4.90 Å². The van der Waals surface area contributed by atoms with Gasteiger partial charge in [0.15, 0.2) is 5.82 Å². The minimum Gasteiger partial charge on any atom is -0.272 e. The average Bonchev–Trinajstić information content (AvgIpc) is 3.19. The van der Waals surface area contributed by atoms with Crippen molar-refractivity contribution >= 4 is 10.0 Å². The van der Waals surface area contributed by atoms with Crippen molar-refractivity contribution in [3.05, 3.63) is 60.2 Å². The molecule has 1 aliphatic rings. The predicted octanol–water partition coefficient (Wildman–Crippen LogP) is 2.72. The topological polar surface area (TPSA) is 89.8 Å². The lowest BCUT2D eigenvalue weighted by atomic mass is 9.93. The van der Waals surface area contributed by atoms with Gasteiger partial charge in [0, 0.05) is 35.8 Å². The number of fused-ring (bicyclic) bond motifs is 1. The quantitative estimate of drug-likeness (QED) is 0.732. The molecule has 0 unspecified atom stereocenters. The Balaban J connectivity index is 1.61. The van der Waals surface area contributed by atoms with Crippen LogP contribution in [0.2, 0.25) is 0 Å². The zero-order chi connectivity index (χ0) is 18.9. The van der Waals surface area contributed by atoms with E-state index in [0.29, 0.717) is 12.4 Å². The first kappa shape index (κ1) is 17.8. The van der Waals surface area contributed by atoms with Gasteiger partial charge in [-0.15, -0.1) is 0 Å². The molecule has 2 aromatic heterocycles. The van der Waals surface area contributed by atoms with Crippen LogP contribution in [0.15, 0.2) is 53.8 Å². The molecule has 3 aromatic rings. The number of aromatic nitrogens is 4. The number of benzene rings is 1. The van der Waals surface area contributed by atoms with Crippen LogP contribution >= 0.6 is 0 Å². The van der Waals surface area contributed by atoms with Crippen molar-refractivity contribution in [2.75, 3.05) is 0 Å². The highest BCUT2D eigenvalue weighted by atomic mass is 32.2. The predicted molar refractivity (Wildman–Crippen MR) is 101 cm³/mol. The zero-order valence-electron chi connectivity index (χ0n) is 15.0. The van der Waals surface area contributed by atoms with Crippen LogP contribution in [0.1, 0.15) is 37.1 Å². The molecule has 140 valence electrons. The monoisotopic (exact) mass is 383 g/mol. The van der Waals surface area contributed by atoms with Crippen LogP contribution in [0, 0.1) is 0 Å². The van der Waals surface area contributed by atoms with Gasteiger partial charge in [0.05, 0.1) is 12.2 Å². The molecule has 2 heterocycles. The molecule has 8 heteroatoms. The molecular formula is C19H21N5O2S. The van der Waals surface area contributed by atoms with Gasteiger partial charge in [-0.2, -0.15) is 5.10 Å². The molecular weight excluding hydrogens is 362 g/mol. The van der Waals surface area contributed by atoms with Crippen LogP contribution in [0.3, 0.4) is 0 Å². The van der Waals surface area contributed by atoms with Crippen LogP contribution in [-0.4, -0.2) is 28.2 Å². The number of hydrogen-bond donors (Lipinski definition) is 1. The third-order valence-electron chi connectivity index (χ3n) is 4.76. The lowest BCUT2D eigenvalue weighted by Gasteiger charge is -2.25. The summed E-state index contributed by atoms with van der Waals surface area (Å²) in [4.78, 5) is 9.34. The van der Waals surface area contributed by atoms with Gasteiger partial charge in [0.2, 0.25) is 10.0 Å². The highest BCUT2D eigenvalue weighted by Gasteiger charge is 2.28. The number of sulfonamides is 1. The Bertz CT molecular complexity index is 1050. The molecule has 7 nitrogen and oxygen atoms in total. The van der Waals surface area contributed by atoms with Gasteiger partial charge >= 0.3 is 0 Å². The number of nitrogens with zero attached hydrogens (tertiary/aromatic N) is 4. The summed E-state index contributed by atoms with van der Waals surface area (Å²) in [5, 5.41) is 4.06. The highest BCUT2D eigenvalue weighted by Crippen LogP contribution is 2.30. The van der Waals surface area contributed by atoms with Crippen molar-refractivity contribution in [3.8, 4) is 11.4 Å². The summed E-state index contributed by atoms with van der Waals surface area (Å²) in [6.07, 6.45) is 7.10. The fourth-order valence-electron chi connectivity index (χ4n) is 3.31. The lowest BCUT2D eigenvalue weighted by Crippen LogP contribution is -2.31. The molecule has 1 N–H and O–H groups in total. The SMILES string of the molecule is CCn1cc(S(=O)(=O)N[C@@H]2CCCc3nc(-c4ccccc4)ncc32)cn1. The molecule has 0 spiro atoms. The third-order valence-corrected chi connectivity index (χ3v) is 6.18. The van der Waals surface area contributed by atoms with Crippen LogP contribution in [0.25, 0.3) is 11.4 Å². The van der Waals surface area contributed by atoms with Gasteiger partial charge in [-0.1, -0.05) is 30.3 Å². The number of rotatable bonds is 5. The summed E-state index contributed by atoms with van der Waals surface area (Å²) < 4.78 is 29.8. The molecule has 1 atom stereocenters. The van der Waals surface area contributed by atoms with Crippen LogP contribution < -0.4 is 4.72 Å². The second kappa shape index (κ2) is 7.21. The van der Waals surface area contributed by atoms with Crippen LogP contribution in [-0.2, 0) is 23.0 Å². The fraction of sp³-hybridized carbons (Fsp3) is 0.316. The molecule has 0 radical (unpaired) electrons. The minimum absolute atomic E-state index is 0.179. The Labute approximate surface area is 158 Å². The third kappa shape index (κ3) is 3.63. The summed E-state index contributed by atoms with van der Waals surface area (Å²) in [6, 6.07) is 9.46. The Morgan fingerprint density at radius 3 is 2.78 bits per heavy atom. The van der Waals surface area contributed by atoms with E-state index in [-0.39, 0.29) is 10.9 Å². The summed E-state index contributed by atoms with van der Waals surface area (Å²) in [5.41, 5.74) is 2.72.